The number of esters is 1. The second kappa shape index (κ2) is 7.21. The number of nitrogens with one attached hydrogen (secondary N) is 1. The number of carbonyl (C=O) groups excluding carboxylic acids is 2. The van der Waals surface area contributed by atoms with E-state index < -0.39 is 24.3 Å². The molecular weight excluding hydrogens is 289 g/mol. The summed E-state index contributed by atoms with van der Waals surface area (Å²) < 4.78 is 18.2. The van der Waals surface area contributed by atoms with Crippen molar-refractivity contribution in [2.45, 2.75) is 6.54 Å². The van der Waals surface area contributed by atoms with Crippen LogP contribution >= 0.6 is 0 Å². The van der Waals surface area contributed by atoms with Crippen molar-refractivity contribution in [1.82, 2.24) is 5.32 Å². The lowest BCUT2D eigenvalue weighted by atomic mass is 10.2. The maximum Gasteiger partial charge on any atom is 0.338 e. The Bertz CT molecular complexity index is 670. The smallest absolute Gasteiger partial charge is 0.338 e. The first-order chi connectivity index (χ1) is 10.6. The Morgan fingerprint density at radius 3 is 2.45 bits per heavy atom. The van der Waals surface area contributed by atoms with E-state index in [1.165, 1.54) is 30.3 Å². The van der Waals surface area contributed by atoms with Crippen LogP contribution < -0.4 is 5.32 Å². The van der Waals surface area contributed by atoms with Crippen LogP contribution in [0.15, 0.2) is 48.5 Å². The molecule has 0 spiro atoms. The molecule has 0 aliphatic heterocycles. The van der Waals surface area contributed by atoms with E-state index in [-0.39, 0.29) is 17.9 Å². The second-order valence-electron chi connectivity index (χ2n) is 4.49. The van der Waals surface area contributed by atoms with Crippen LogP contribution in [0.25, 0.3) is 0 Å². The molecule has 0 heterocycles. The minimum atomic E-state index is -0.680. The van der Waals surface area contributed by atoms with Gasteiger partial charge in [0.2, 0.25) is 0 Å². The van der Waals surface area contributed by atoms with Crippen molar-refractivity contribution >= 4 is 11.9 Å². The first-order valence-corrected chi connectivity index (χ1v) is 6.52. The molecule has 0 bridgehead atoms. The van der Waals surface area contributed by atoms with Gasteiger partial charge in [0, 0.05) is 12.1 Å². The molecule has 22 heavy (non-hydrogen) atoms. The van der Waals surface area contributed by atoms with E-state index in [1.54, 1.807) is 18.2 Å². The summed E-state index contributed by atoms with van der Waals surface area (Å²) in [5, 5.41) is 11.6. The molecule has 0 aliphatic rings. The molecule has 0 fully saturated rings. The van der Waals surface area contributed by atoms with Crippen molar-refractivity contribution in [3.05, 3.63) is 65.5 Å². The number of phenolic OH excluding ortho intramolecular Hbond substituents is 1. The fourth-order valence-electron chi connectivity index (χ4n) is 1.70. The van der Waals surface area contributed by atoms with Gasteiger partial charge in [0.25, 0.3) is 5.91 Å². The van der Waals surface area contributed by atoms with Gasteiger partial charge in [-0.25, -0.2) is 9.18 Å². The van der Waals surface area contributed by atoms with Gasteiger partial charge in [0.05, 0.1) is 5.56 Å². The Morgan fingerprint density at radius 1 is 1.09 bits per heavy atom. The summed E-state index contributed by atoms with van der Waals surface area (Å²) in [6.45, 7) is -0.448. The zero-order chi connectivity index (χ0) is 15.9. The van der Waals surface area contributed by atoms with Crippen molar-refractivity contribution < 1.29 is 23.8 Å². The second-order valence-corrected chi connectivity index (χ2v) is 4.49. The Morgan fingerprint density at radius 2 is 1.77 bits per heavy atom. The van der Waals surface area contributed by atoms with Crippen LogP contribution in [0, 0.1) is 5.82 Å². The van der Waals surface area contributed by atoms with Crippen LogP contribution in [0.3, 0.4) is 0 Å². The molecule has 5 nitrogen and oxygen atoms in total. The van der Waals surface area contributed by atoms with Crippen molar-refractivity contribution in [3.8, 4) is 5.75 Å². The minimum Gasteiger partial charge on any atom is -0.508 e. The molecule has 1 amide bonds. The summed E-state index contributed by atoms with van der Waals surface area (Å²) >= 11 is 0. The van der Waals surface area contributed by atoms with Gasteiger partial charge in [-0.2, -0.15) is 0 Å². The fourth-order valence-corrected chi connectivity index (χ4v) is 1.70. The lowest BCUT2D eigenvalue weighted by Gasteiger charge is -2.07. The molecule has 0 radical (unpaired) electrons. The summed E-state index contributed by atoms with van der Waals surface area (Å²) in [7, 11) is 0. The number of hydrogen-bond donors (Lipinski definition) is 2. The van der Waals surface area contributed by atoms with Crippen molar-refractivity contribution in [3.63, 3.8) is 0 Å². The molecule has 2 N–H and O–H groups in total. The molecule has 2 aromatic carbocycles. The minimum absolute atomic E-state index is 0.0161. The average Bonchev–Trinajstić information content (AvgIpc) is 2.52. The summed E-state index contributed by atoms with van der Waals surface area (Å²) in [5.74, 6) is -1.60. The number of ether oxygens (including phenoxy) is 1. The van der Waals surface area contributed by atoms with Crippen LogP contribution in [0.2, 0.25) is 0 Å². The molecular formula is C16H14FNO4. The predicted molar refractivity (Wildman–Crippen MR) is 76.6 cm³/mol. The summed E-state index contributed by atoms with van der Waals surface area (Å²) in [5.41, 5.74) is 0.570. The highest BCUT2D eigenvalue weighted by Gasteiger charge is 2.10. The number of phenols is 1. The summed E-state index contributed by atoms with van der Waals surface area (Å²) in [4.78, 5) is 23.2. The van der Waals surface area contributed by atoms with E-state index in [4.69, 9.17) is 9.84 Å². The number of carbonyl (C=O) groups is 2. The highest BCUT2D eigenvalue weighted by Crippen LogP contribution is 2.10. The maximum atomic E-state index is 13.4. The molecule has 114 valence electrons. The Kier molecular flexibility index (Phi) is 5.08. The van der Waals surface area contributed by atoms with Gasteiger partial charge < -0.3 is 15.2 Å². The average molecular weight is 303 g/mol. The van der Waals surface area contributed by atoms with Crippen LogP contribution in [0.5, 0.6) is 5.75 Å². The third-order valence-corrected chi connectivity index (χ3v) is 2.87. The first-order valence-electron chi connectivity index (χ1n) is 6.52. The van der Waals surface area contributed by atoms with Gasteiger partial charge in [-0.05, 0) is 30.3 Å². The SMILES string of the molecule is O=C(COC(=O)c1ccc(O)cc1)NCc1ccccc1F. The molecule has 2 rings (SSSR count). The highest BCUT2D eigenvalue weighted by molar-refractivity contribution is 5.91. The molecule has 0 saturated carbocycles. The molecule has 6 heteroatoms. The van der Waals surface area contributed by atoms with Crippen molar-refractivity contribution in [2.24, 2.45) is 0 Å². The van der Waals surface area contributed by atoms with Crippen molar-refractivity contribution in [1.29, 1.82) is 0 Å². The number of aromatic hydroxyl groups is 1. The first kappa shape index (κ1) is 15.5. The lowest BCUT2D eigenvalue weighted by Crippen LogP contribution is -2.28. The van der Waals surface area contributed by atoms with Gasteiger partial charge in [0.1, 0.15) is 11.6 Å². The van der Waals surface area contributed by atoms with Crippen LogP contribution in [-0.2, 0) is 16.1 Å². The standard InChI is InChI=1S/C16H14FNO4/c17-14-4-2-1-3-12(14)9-18-15(20)10-22-16(21)11-5-7-13(19)8-6-11/h1-8,19H,9-10H2,(H,18,20). The van der Waals surface area contributed by atoms with E-state index in [1.807, 2.05) is 0 Å². The number of amides is 1. The van der Waals surface area contributed by atoms with E-state index in [0.717, 1.165) is 0 Å². The molecule has 0 aliphatic carbocycles. The normalized spacial score (nSPS) is 10.0. The number of halogens is 1. The zero-order valence-electron chi connectivity index (χ0n) is 11.6. The van der Waals surface area contributed by atoms with Crippen LogP contribution in [0.1, 0.15) is 15.9 Å². The maximum absolute atomic E-state index is 13.4. The van der Waals surface area contributed by atoms with E-state index in [9.17, 15) is 14.0 Å². The van der Waals surface area contributed by atoms with Gasteiger partial charge in [0.15, 0.2) is 6.61 Å². The third kappa shape index (κ3) is 4.31. The third-order valence-electron chi connectivity index (χ3n) is 2.87. The van der Waals surface area contributed by atoms with Gasteiger partial charge in [-0.1, -0.05) is 18.2 Å². The molecule has 0 aromatic heterocycles. The fraction of sp³-hybridized carbons (Fsp3) is 0.125. The quantitative estimate of drug-likeness (QED) is 0.828. The van der Waals surface area contributed by atoms with E-state index >= 15 is 0 Å². The highest BCUT2D eigenvalue weighted by atomic mass is 19.1. The monoisotopic (exact) mass is 303 g/mol. The van der Waals surface area contributed by atoms with Crippen LogP contribution in [-0.4, -0.2) is 23.6 Å². The predicted octanol–water partition coefficient (Wildman–Crippen LogP) is 2.00. The number of hydrogen-bond acceptors (Lipinski definition) is 4. The summed E-state index contributed by atoms with van der Waals surface area (Å²) in [6.07, 6.45) is 0. The van der Waals surface area contributed by atoms with E-state index in [2.05, 4.69) is 5.32 Å². The summed E-state index contributed by atoms with van der Waals surface area (Å²) in [6, 6.07) is 11.5. The molecule has 0 atom stereocenters. The zero-order valence-corrected chi connectivity index (χ0v) is 11.6. The van der Waals surface area contributed by atoms with Gasteiger partial charge in [-0.3, -0.25) is 4.79 Å². The lowest BCUT2D eigenvalue weighted by molar-refractivity contribution is -0.124. The van der Waals surface area contributed by atoms with Crippen molar-refractivity contribution in [2.75, 3.05) is 6.61 Å². The Hall–Kier alpha value is -2.89. The number of rotatable bonds is 5. The topological polar surface area (TPSA) is 75.6 Å². The van der Waals surface area contributed by atoms with E-state index in [0.29, 0.717) is 5.56 Å². The van der Waals surface area contributed by atoms with Gasteiger partial charge >= 0.3 is 5.97 Å². The molecule has 2 aromatic rings. The Labute approximate surface area is 126 Å². The number of benzene rings is 2. The molecule has 0 unspecified atom stereocenters. The largest absolute Gasteiger partial charge is 0.508 e. The Balaban J connectivity index is 1.79. The van der Waals surface area contributed by atoms with Gasteiger partial charge in [-0.15, -0.1) is 0 Å². The van der Waals surface area contributed by atoms with Crippen LogP contribution in [0.4, 0.5) is 4.39 Å². The molecule has 0 saturated heterocycles.